The summed E-state index contributed by atoms with van der Waals surface area (Å²) in [6, 6.07) is 8.17. The Morgan fingerprint density at radius 3 is 2.52 bits per heavy atom. The summed E-state index contributed by atoms with van der Waals surface area (Å²) in [5.74, 6) is -0.458. The van der Waals surface area contributed by atoms with E-state index in [0.29, 0.717) is 30.9 Å². The SMILES string of the molecule is Cc1cc(NC(=O)C2CCOC2)ccc1S(=O)(=O)Nc1cccc(C(F)(F)F)c1. The molecule has 0 radical (unpaired) electrons. The van der Waals surface area contributed by atoms with Crippen LogP contribution in [0, 0.1) is 12.8 Å². The van der Waals surface area contributed by atoms with Crippen molar-refractivity contribution >= 4 is 27.3 Å². The highest BCUT2D eigenvalue weighted by Crippen LogP contribution is 2.31. The van der Waals surface area contributed by atoms with Gasteiger partial charge in [0.05, 0.1) is 23.0 Å². The summed E-state index contributed by atoms with van der Waals surface area (Å²) in [5, 5.41) is 2.72. The number of hydrogen-bond acceptors (Lipinski definition) is 4. The van der Waals surface area contributed by atoms with Crippen molar-refractivity contribution in [3.63, 3.8) is 0 Å². The zero-order chi connectivity index (χ0) is 21.2. The predicted octanol–water partition coefficient (Wildman–Crippen LogP) is 3.79. The topological polar surface area (TPSA) is 84.5 Å². The number of ether oxygens (including phenoxy) is 1. The molecule has 0 aliphatic carbocycles. The van der Waals surface area contributed by atoms with Crippen molar-refractivity contribution in [2.45, 2.75) is 24.4 Å². The minimum atomic E-state index is -4.58. The molecule has 1 saturated heterocycles. The summed E-state index contributed by atoms with van der Waals surface area (Å²) in [7, 11) is -4.12. The van der Waals surface area contributed by atoms with E-state index < -0.39 is 21.8 Å². The lowest BCUT2D eigenvalue weighted by Gasteiger charge is -2.14. The van der Waals surface area contributed by atoms with E-state index >= 15 is 0 Å². The van der Waals surface area contributed by atoms with Crippen molar-refractivity contribution < 1.29 is 31.1 Å². The number of anilines is 2. The lowest BCUT2D eigenvalue weighted by atomic mass is 10.1. The van der Waals surface area contributed by atoms with E-state index in [4.69, 9.17) is 4.74 Å². The van der Waals surface area contributed by atoms with Gasteiger partial charge in [0.1, 0.15) is 0 Å². The smallest absolute Gasteiger partial charge is 0.381 e. The summed E-state index contributed by atoms with van der Waals surface area (Å²) in [6.45, 7) is 2.41. The molecule has 0 saturated carbocycles. The first-order valence-corrected chi connectivity index (χ1v) is 10.2. The van der Waals surface area contributed by atoms with Crippen LogP contribution in [0.3, 0.4) is 0 Å². The molecule has 1 heterocycles. The van der Waals surface area contributed by atoms with E-state index in [2.05, 4.69) is 10.0 Å². The van der Waals surface area contributed by atoms with Gasteiger partial charge in [-0.25, -0.2) is 8.42 Å². The van der Waals surface area contributed by atoms with Crippen molar-refractivity contribution in [1.82, 2.24) is 0 Å². The molecule has 1 fully saturated rings. The predicted molar refractivity (Wildman–Crippen MR) is 101 cm³/mol. The van der Waals surface area contributed by atoms with Gasteiger partial charge in [-0.15, -0.1) is 0 Å². The third-order valence-corrected chi connectivity index (χ3v) is 6.02. The van der Waals surface area contributed by atoms with Crippen molar-refractivity contribution in [3.05, 3.63) is 53.6 Å². The van der Waals surface area contributed by atoms with Crippen molar-refractivity contribution in [1.29, 1.82) is 0 Å². The Balaban J connectivity index is 1.78. The van der Waals surface area contributed by atoms with Gasteiger partial charge in [0.15, 0.2) is 0 Å². The minimum absolute atomic E-state index is 0.0999. The fourth-order valence-electron chi connectivity index (χ4n) is 2.98. The third-order valence-electron chi connectivity index (χ3n) is 4.47. The van der Waals surface area contributed by atoms with E-state index in [0.717, 1.165) is 18.2 Å². The second-order valence-electron chi connectivity index (χ2n) is 6.71. The Kier molecular flexibility index (Phi) is 5.85. The van der Waals surface area contributed by atoms with Gasteiger partial charge < -0.3 is 10.1 Å². The summed E-state index contributed by atoms with van der Waals surface area (Å²) >= 11 is 0. The summed E-state index contributed by atoms with van der Waals surface area (Å²) in [6.07, 6.45) is -3.96. The molecule has 3 rings (SSSR count). The summed E-state index contributed by atoms with van der Waals surface area (Å²) in [5.41, 5.74) is -0.386. The highest BCUT2D eigenvalue weighted by Gasteiger charge is 2.31. The summed E-state index contributed by atoms with van der Waals surface area (Å²) < 4.78 is 71.1. The largest absolute Gasteiger partial charge is 0.416 e. The van der Waals surface area contributed by atoms with Gasteiger partial charge in [0.25, 0.3) is 10.0 Å². The Hall–Kier alpha value is -2.59. The van der Waals surface area contributed by atoms with E-state index in [1.54, 1.807) is 0 Å². The zero-order valence-electron chi connectivity index (χ0n) is 15.4. The maximum atomic E-state index is 12.8. The lowest BCUT2D eigenvalue weighted by molar-refractivity contribution is -0.137. The number of hydrogen-bond donors (Lipinski definition) is 2. The van der Waals surface area contributed by atoms with Crippen molar-refractivity contribution in [3.8, 4) is 0 Å². The van der Waals surface area contributed by atoms with Gasteiger partial charge in [-0.3, -0.25) is 9.52 Å². The van der Waals surface area contributed by atoms with Crippen LogP contribution in [0.4, 0.5) is 24.5 Å². The van der Waals surface area contributed by atoms with E-state index in [9.17, 15) is 26.4 Å². The van der Waals surface area contributed by atoms with E-state index in [1.165, 1.54) is 31.2 Å². The fourth-order valence-corrected chi connectivity index (χ4v) is 4.26. The molecular formula is C19H19F3N2O4S. The molecule has 0 bridgehead atoms. The maximum Gasteiger partial charge on any atom is 0.416 e. The molecule has 1 amide bonds. The first kappa shape index (κ1) is 21.1. The van der Waals surface area contributed by atoms with Gasteiger partial charge in [-0.05, 0) is 55.3 Å². The van der Waals surface area contributed by atoms with E-state index in [-0.39, 0.29) is 22.4 Å². The number of nitrogens with one attached hydrogen (secondary N) is 2. The maximum absolute atomic E-state index is 12.8. The Morgan fingerprint density at radius 2 is 1.90 bits per heavy atom. The number of carbonyl (C=O) groups is 1. The molecule has 6 nitrogen and oxygen atoms in total. The zero-order valence-corrected chi connectivity index (χ0v) is 16.2. The lowest BCUT2D eigenvalue weighted by Crippen LogP contribution is -2.23. The highest BCUT2D eigenvalue weighted by molar-refractivity contribution is 7.92. The van der Waals surface area contributed by atoms with Gasteiger partial charge in [0, 0.05) is 18.0 Å². The Labute approximate surface area is 166 Å². The number of alkyl halides is 3. The number of sulfonamides is 1. The quantitative estimate of drug-likeness (QED) is 0.759. The van der Waals surface area contributed by atoms with Crippen LogP contribution in [-0.2, 0) is 25.7 Å². The van der Waals surface area contributed by atoms with Crippen LogP contribution in [-0.4, -0.2) is 27.5 Å². The van der Waals surface area contributed by atoms with Crippen LogP contribution in [0.5, 0.6) is 0 Å². The molecule has 1 aliphatic rings. The minimum Gasteiger partial charge on any atom is -0.381 e. The average Bonchev–Trinajstić information content (AvgIpc) is 3.15. The number of halogens is 3. The van der Waals surface area contributed by atoms with Crippen LogP contribution >= 0.6 is 0 Å². The van der Waals surface area contributed by atoms with E-state index in [1.807, 2.05) is 0 Å². The number of aryl methyl sites for hydroxylation is 1. The molecule has 10 heteroatoms. The average molecular weight is 428 g/mol. The first-order valence-electron chi connectivity index (χ1n) is 8.75. The van der Waals surface area contributed by atoms with Crippen LogP contribution < -0.4 is 10.0 Å². The van der Waals surface area contributed by atoms with Crippen LogP contribution in [0.25, 0.3) is 0 Å². The summed E-state index contributed by atoms with van der Waals surface area (Å²) in [4.78, 5) is 12.0. The molecule has 1 aliphatic heterocycles. The van der Waals surface area contributed by atoms with Gasteiger partial charge in [-0.2, -0.15) is 13.2 Å². The standard InChI is InChI=1S/C19H19F3N2O4S/c1-12-9-15(23-18(25)13-7-8-28-11-13)5-6-17(12)29(26,27)24-16-4-2-3-14(10-16)19(20,21)22/h2-6,9-10,13,24H,7-8,11H2,1H3,(H,23,25). The molecule has 0 aromatic heterocycles. The van der Waals surface area contributed by atoms with Crippen LogP contribution in [0.1, 0.15) is 17.5 Å². The number of benzene rings is 2. The van der Waals surface area contributed by atoms with Crippen LogP contribution in [0.2, 0.25) is 0 Å². The normalized spacial score (nSPS) is 17.2. The Morgan fingerprint density at radius 1 is 1.14 bits per heavy atom. The molecule has 156 valence electrons. The van der Waals surface area contributed by atoms with Crippen molar-refractivity contribution in [2.75, 3.05) is 23.3 Å². The van der Waals surface area contributed by atoms with Gasteiger partial charge in [-0.1, -0.05) is 6.07 Å². The second-order valence-corrected chi connectivity index (χ2v) is 8.36. The third kappa shape index (κ3) is 5.07. The highest BCUT2D eigenvalue weighted by atomic mass is 32.2. The second kappa shape index (κ2) is 8.03. The van der Waals surface area contributed by atoms with Crippen molar-refractivity contribution in [2.24, 2.45) is 5.92 Å². The molecule has 2 N–H and O–H groups in total. The molecular weight excluding hydrogens is 409 g/mol. The molecule has 2 aromatic carbocycles. The first-order chi connectivity index (χ1) is 13.6. The number of rotatable bonds is 5. The monoisotopic (exact) mass is 428 g/mol. The fraction of sp³-hybridized carbons (Fsp3) is 0.316. The van der Waals surface area contributed by atoms with Gasteiger partial charge >= 0.3 is 6.18 Å². The van der Waals surface area contributed by atoms with Crippen LogP contribution in [0.15, 0.2) is 47.4 Å². The Bertz CT molecular complexity index is 1020. The molecule has 29 heavy (non-hydrogen) atoms. The molecule has 1 atom stereocenters. The molecule has 2 aromatic rings. The number of amides is 1. The molecule has 1 unspecified atom stereocenters. The molecule has 0 spiro atoms. The van der Waals surface area contributed by atoms with Gasteiger partial charge in [0.2, 0.25) is 5.91 Å². The number of carbonyl (C=O) groups excluding carboxylic acids is 1.